The molecule has 0 radical (unpaired) electrons. The Balaban J connectivity index is 0.00000188. The SMILES string of the molecule is O=C(CCCCC(=O)OCC(=O)OCCCCCC(=O)OCc1ccccc1)OCC(=O)OCCCCCC(=O)OCc1ccccc1.O=C(CCCCC(=O)OCC(=O)OCc1ccccc1)OCC(=O)OCc1ccccc1.O=C(O)CCCCC(=O)O.O=C(O)CCCCCOC(=O)COC(=O)CCCCC(=O)OCC(=O)OCCCCCC(=O)O.O=C(O)COC(=O)CCCCC(=O)OCC(=O)O. The van der Waals surface area contributed by atoms with E-state index >= 15 is 0 Å². The normalized spacial score (nSPS) is 10.1. The van der Waals surface area contributed by atoms with Crippen LogP contribution in [0.2, 0.25) is 0 Å². The Morgan fingerprint density at radius 1 is 0.141 bits per heavy atom. The predicted octanol–water partition coefficient (Wildman–Crippen LogP) is 11.0. The maximum Gasteiger partial charge on any atom is 0.344 e. The molecule has 44 nitrogen and oxygen atoms in total. The van der Waals surface area contributed by atoms with Gasteiger partial charge in [0.25, 0.3) is 0 Å². The molecule has 44 heteroatoms. The van der Waals surface area contributed by atoms with Gasteiger partial charge in [-0.1, -0.05) is 121 Å². The second-order valence-corrected chi connectivity index (χ2v) is 30.4. The summed E-state index contributed by atoms with van der Waals surface area (Å²) < 4.78 is 78.0. The summed E-state index contributed by atoms with van der Waals surface area (Å²) in [5.41, 5.74) is 3.52. The molecule has 0 bridgehead atoms. The molecule has 142 heavy (non-hydrogen) atoms. The van der Waals surface area contributed by atoms with E-state index in [1.165, 1.54) is 0 Å². The number of rotatable bonds is 73. The zero-order valence-electron chi connectivity index (χ0n) is 79.5. The number of hydrogen-bond acceptors (Lipinski definition) is 38. The summed E-state index contributed by atoms with van der Waals surface area (Å²) in [5, 5.41) is 49.7. The fraction of sp³-hybridized carbons (Fsp3) is 0.531. The monoisotopic (exact) mass is 2010 g/mol. The zero-order chi connectivity index (χ0) is 105. The first kappa shape index (κ1) is 127. The van der Waals surface area contributed by atoms with Gasteiger partial charge in [0.2, 0.25) is 0 Å². The second kappa shape index (κ2) is 86.5. The summed E-state index contributed by atoms with van der Waals surface area (Å²) >= 11 is 0. The fourth-order valence-corrected chi connectivity index (χ4v) is 10.7. The molecular formula is C98H130O44. The molecule has 0 aliphatic heterocycles. The van der Waals surface area contributed by atoms with Crippen molar-refractivity contribution < 1.29 is 212 Å². The molecule has 4 aromatic rings. The van der Waals surface area contributed by atoms with Crippen LogP contribution in [0.25, 0.3) is 0 Å². The van der Waals surface area contributed by atoms with E-state index < -0.39 is 172 Å². The van der Waals surface area contributed by atoms with E-state index in [1.54, 1.807) is 0 Å². The number of esters is 16. The number of carboxylic acid groups (broad SMARTS) is 6. The molecule has 0 saturated carbocycles. The zero-order valence-corrected chi connectivity index (χ0v) is 79.5. The van der Waals surface area contributed by atoms with Crippen molar-refractivity contribution in [1.82, 2.24) is 0 Å². The minimum absolute atomic E-state index is 0.000329. The van der Waals surface area contributed by atoms with Gasteiger partial charge in [-0.15, -0.1) is 0 Å². The quantitative estimate of drug-likeness (QED) is 0.0136. The molecular weight excluding hydrogens is 1880 g/mol. The van der Waals surface area contributed by atoms with Crippen molar-refractivity contribution in [3.05, 3.63) is 144 Å². The van der Waals surface area contributed by atoms with Crippen molar-refractivity contribution >= 4 is 131 Å². The molecule has 0 atom stereocenters. The first-order valence-corrected chi connectivity index (χ1v) is 46.1. The van der Waals surface area contributed by atoms with E-state index in [0.29, 0.717) is 141 Å². The molecule has 0 unspecified atom stereocenters. The van der Waals surface area contributed by atoms with Crippen molar-refractivity contribution in [2.75, 3.05) is 79.3 Å². The van der Waals surface area contributed by atoms with Gasteiger partial charge in [-0.3, -0.25) is 67.1 Å². The topological polar surface area (TPSA) is 645 Å². The highest BCUT2D eigenvalue weighted by Gasteiger charge is 2.19. The minimum Gasteiger partial charge on any atom is -0.481 e. The van der Waals surface area contributed by atoms with Crippen LogP contribution in [0.1, 0.15) is 253 Å². The number of ether oxygens (including phenoxy) is 16. The second-order valence-electron chi connectivity index (χ2n) is 30.4. The summed E-state index contributed by atoms with van der Waals surface area (Å²) in [6, 6.07) is 37.1. The van der Waals surface area contributed by atoms with Gasteiger partial charge in [-0.05, 0) is 164 Å². The average molecular weight is 2010 g/mol. The summed E-state index contributed by atoms with van der Waals surface area (Å²) in [5.74, 6) is -15.3. The van der Waals surface area contributed by atoms with Crippen LogP contribution in [0.15, 0.2) is 121 Å². The van der Waals surface area contributed by atoms with Gasteiger partial charge >= 0.3 is 131 Å². The van der Waals surface area contributed by atoms with E-state index in [-0.39, 0.29) is 155 Å². The Labute approximate surface area is 820 Å². The van der Waals surface area contributed by atoms with Gasteiger partial charge in [0, 0.05) is 89.9 Å². The van der Waals surface area contributed by atoms with Crippen LogP contribution in [0.5, 0.6) is 0 Å². The first-order valence-electron chi connectivity index (χ1n) is 46.1. The molecule has 0 aromatic heterocycles. The van der Waals surface area contributed by atoms with E-state index in [9.17, 15) is 105 Å². The smallest absolute Gasteiger partial charge is 0.344 e. The van der Waals surface area contributed by atoms with Crippen LogP contribution >= 0.6 is 0 Å². The molecule has 4 aromatic carbocycles. The van der Waals surface area contributed by atoms with Crippen LogP contribution in [0.3, 0.4) is 0 Å². The average Bonchev–Trinajstić information content (AvgIpc) is 0.960. The van der Waals surface area contributed by atoms with Crippen LogP contribution in [-0.2, 0) is 208 Å². The number of unbranched alkanes of at least 4 members (excludes halogenated alkanes) is 13. The van der Waals surface area contributed by atoms with Crippen molar-refractivity contribution in [1.29, 1.82) is 0 Å². The van der Waals surface area contributed by atoms with Gasteiger partial charge in [-0.2, -0.15) is 0 Å². The van der Waals surface area contributed by atoms with Gasteiger partial charge in [-0.25, -0.2) is 38.4 Å². The lowest BCUT2D eigenvalue weighted by Gasteiger charge is -2.07. The van der Waals surface area contributed by atoms with Crippen molar-refractivity contribution in [2.24, 2.45) is 0 Å². The number of carbonyl (C=O) groups is 22. The third kappa shape index (κ3) is 88.0. The standard InChI is InChI=1S/C36H46O12.C24H26O8.C22H34O12.C10H14O8.C6H10O4/c37-31(45-25-29-15-5-1-6-16-29)19-9-3-13-23-43-35(41)27-47-33(39)21-11-12-22-34(40)48-28-36(42)44-24-14-4-10-20-32(38)46-26-30-17-7-2-8-18-30;25-21(31-17-23(27)29-15-19-9-3-1-4-10-19)13-7-8-14-22(26)32-18-24(28)30-16-20-11-5-2-6-12-20;23-17(24)9-3-1-7-13-31-21(29)15-33-19(27)11-5-6-12-20(28)34-16-22(30)32-14-8-2-4-10-18(25)26;11-7(12)5-17-9(15)3-1-2-4-10(16)18-6-8(13)14;7-5(8)3-1-2-4-6(9)10/h1-2,5-8,15-18H,3-4,9-14,19-28H2;1-6,9-12H,7-8,13-18H2;1-16H2,(H,23,24)(H,25,26);1-6H2,(H,11,12)(H,13,14);1-4H2,(H,7,8)(H,9,10). The molecule has 0 saturated heterocycles. The third-order valence-electron chi connectivity index (χ3n) is 18.0. The van der Waals surface area contributed by atoms with Gasteiger partial charge in [0.05, 0.1) is 26.4 Å². The third-order valence-corrected chi connectivity index (χ3v) is 18.0. The summed E-state index contributed by atoms with van der Waals surface area (Å²) in [6.07, 6.45) is 11.5. The maximum atomic E-state index is 11.8. The number of carbonyl (C=O) groups excluding carboxylic acids is 16. The Kier molecular flexibility index (Phi) is 77.5. The lowest BCUT2D eigenvalue weighted by Crippen LogP contribution is -2.17. The minimum atomic E-state index is -1.24. The Bertz CT molecular complexity index is 4110. The number of benzene rings is 4. The molecule has 0 amide bonds. The number of carboxylic acids is 6. The van der Waals surface area contributed by atoms with Gasteiger partial charge in [0.1, 0.15) is 26.4 Å². The highest BCUT2D eigenvalue weighted by Crippen LogP contribution is 2.14. The number of aliphatic carboxylic acids is 6. The predicted molar refractivity (Wildman–Crippen MR) is 488 cm³/mol. The van der Waals surface area contributed by atoms with Gasteiger partial charge < -0.3 is 106 Å². The van der Waals surface area contributed by atoms with Crippen LogP contribution in [0.4, 0.5) is 0 Å². The first-order chi connectivity index (χ1) is 68.1. The highest BCUT2D eigenvalue weighted by molar-refractivity contribution is 5.81. The lowest BCUT2D eigenvalue weighted by atomic mass is 10.2. The summed E-state index contributed by atoms with van der Waals surface area (Å²) in [6.45, 7) is -3.07. The molecule has 0 aliphatic rings. The van der Waals surface area contributed by atoms with Crippen molar-refractivity contribution in [2.45, 2.75) is 258 Å². The van der Waals surface area contributed by atoms with E-state index in [2.05, 4.69) is 9.47 Å². The van der Waals surface area contributed by atoms with E-state index in [1.807, 2.05) is 121 Å². The molecule has 0 fully saturated rings. The lowest BCUT2D eigenvalue weighted by molar-refractivity contribution is -0.160. The largest absolute Gasteiger partial charge is 0.481 e. The molecule has 0 spiro atoms. The summed E-state index contributed by atoms with van der Waals surface area (Å²) in [4.78, 5) is 246. The van der Waals surface area contributed by atoms with Crippen molar-refractivity contribution in [3.63, 3.8) is 0 Å². The maximum absolute atomic E-state index is 11.8. The molecule has 786 valence electrons. The fourth-order valence-electron chi connectivity index (χ4n) is 10.7. The van der Waals surface area contributed by atoms with E-state index in [4.69, 9.17) is 97.0 Å². The van der Waals surface area contributed by atoms with Crippen LogP contribution in [-0.4, -0.2) is 241 Å². The number of hydrogen-bond donors (Lipinski definition) is 6. The van der Waals surface area contributed by atoms with Crippen molar-refractivity contribution in [3.8, 4) is 0 Å². The Hall–Kier alpha value is -14.8. The Morgan fingerprint density at radius 3 is 0.458 bits per heavy atom. The molecule has 0 aliphatic carbocycles. The molecule has 4 rings (SSSR count). The highest BCUT2D eigenvalue weighted by atomic mass is 16.6. The van der Waals surface area contributed by atoms with Crippen LogP contribution in [0, 0.1) is 0 Å². The molecule has 6 N–H and O–H groups in total. The van der Waals surface area contributed by atoms with Gasteiger partial charge in [0.15, 0.2) is 52.9 Å². The molecule has 0 heterocycles. The Morgan fingerprint density at radius 2 is 0.282 bits per heavy atom. The van der Waals surface area contributed by atoms with Crippen LogP contribution < -0.4 is 0 Å². The summed E-state index contributed by atoms with van der Waals surface area (Å²) in [7, 11) is 0. The van der Waals surface area contributed by atoms with E-state index in [0.717, 1.165) is 22.3 Å².